The number of ether oxygens (including phenoxy) is 1. The molecule has 2 fully saturated rings. The summed E-state index contributed by atoms with van der Waals surface area (Å²) in [7, 11) is -3.11. The largest absolute Gasteiger partial charge is 0.372 e. The Morgan fingerprint density at radius 3 is 2.68 bits per heavy atom. The Labute approximate surface area is 116 Å². The lowest BCUT2D eigenvalue weighted by Crippen LogP contribution is -2.56. The lowest BCUT2D eigenvalue weighted by atomic mass is 9.81. The summed E-state index contributed by atoms with van der Waals surface area (Å²) in [5, 5.41) is 0. The van der Waals surface area contributed by atoms with E-state index in [4.69, 9.17) is 10.5 Å². The van der Waals surface area contributed by atoms with Gasteiger partial charge in [0.1, 0.15) is 0 Å². The number of nitrogens with zero attached hydrogens (tertiary/aromatic N) is 1. The highest BCUT2D eigenvalue weighted by Crippen LogP contribution is 2.34. The van der Waals surface area contributed by atoms with Gasteiger partial charge in [-0.25, -0.2) is 8.42 Å². The zero-order chi connectivity index (χ0) is 13.9. The van der Waals surface area contributed by atoms with Gasteiger partial charge in [0.05, 0.1) is 18.0 Å². The molecule has 2 N–H and O–H groups in total. The number of sulfonamides is 1. The molecule has 6 heteroatoms. The van der Waals surface area contributed by atoms with Crippen LogP contribution in [0.25, 0.3) is 0 Å². The molecular formula is C13H26N2O3S. The predicted octanol–water partition coefficient (Wildman–Crippen LogP) is 1.09. The average Bonchev–Trinajstić information content (AvgIpc) is 2.41. The highest BCUT2D eigenvalue weighted by atomic mass is 32.2. The summed E-state index contributed by atoms with van der Waals surface area (Å²) in [6.45, 7) is 3.55. The molecule has 0 bridgehead atoms. The molecule has 1 saturated heterocycles. The van der Waals surface area contributed by atoms with Crippen molar-refractivity contribution < 1.29 is 13.2 Å². The summed E-state index contributed by atoms with van der Waals surface area (Å²) in [4.78, 5) is 0. The summed E-state index contributed by atoms with van der Waals surface area (Å²) >= 11 is 0. The van der Waals surface area contributed by atoms with Gasteiger partial charge in [-0.1, -0.05) is 13.3 Å². The Balaban J connectivity index is 2.01. The van der Waals surface area contributed by atoms with Crippen LogP contribution < -0.4 is 5.73 Å². The van der Waals surface area contributed by atoms with E-state index >= 15 is 0 Å². The first-order chi connectivity index (χ1) is 8.97. The number of rotatable bonds is 4. The van der Waals surface area contributed by atoms with Gasteiger partial charge in [-0.3, -0.25) is 0 Å². The third kappa shape index (κ3) is 3.68. The Kier molecular flexibility index (Phi) is 4.87. The molecule has 0 aromatic carbocycles. The first kappa shape index (κ1) is 15.2. The van der Waals surface area contributed by atoms with E-state index in [9.17, 15) is 8.42 Å². The van der Waals surface area contributed by atoms with E-state index in [1.165, 1.54) is 0 Å². The fourth-order valence-electron chi connectivity index (χ4n) is 2.97. The van der Waals surface area contributed by atoms with Gasteiger partial charge in [-0.2, -0.15) is 4.31 Å². The number of unbranched alkanes of at least 4 members (excludes halogenated alkanes) is 1. The second-order valence-electron chi connectivity index (χ2n) is 5.87. The molecule has 1 saturated carbocycles. The zero-order valence-electron chi connectivity index (χ0n) is 11.8. The Hall–Kier alpha value is -0.170. The minimum atomic E-state index is -3.11. The fourth-order valence-corrected chi connectivity index (χ4v) is 4.67. The van der Waals surface area contributed by atoms with Crippen LogP contribution >= 0.6 is 0 Å². The van der Waals surface area contributed by atoms with Crippen molar-refractivity contribution in [1.82, 2.24) is 4.31 Å². The molecule has 1 aliphatic heterocycles. The molecular weight excluding hydrogens is 264 g/mol. The van der Waals surface area contributed by atoms with E-state index in [0.29, 0.717) is 19.7 Å². The minimum absolute atomic E-state index is 0.251. The number of hydrogen-bond acceptors (Lipinski definition) is 4. The second kappa shape index (κ2) is 6.08. The summed E-state index contributed by atoms with van der Waals surface area (Å²) < 4.78 is 32.1. The molecule has 112 valence electrons. The highest BCUT2D eigenvalue weighted by molar-refractivity contribution is 7.89. The molecule has 0 unspecified atom stereocenters. The molecule has 0 radical (unpaired) electrons. The van der Waals surface area contributed by atoms with Crippen LogP contribution in [0.2, 0.25) is 0 Å². The summed E-state index contributed by atoms with van der Waals surface area (Å²) in [5.74, 6) is 0.263. The van der Waals surface area contributed by atoms with Crippen LogP contribution in [0.5, 0.6) is 0 Å². The quantitative estimate of drug-likeness (QED) is 0.841. The van der Waals surface area contributed by atoms with E-state index in [1.807, 2.05) is 6.92 Å². The van der Waals surface area contributed by atoms with Crippen molar-refractivity contribution in [3.8, 4) is 0 Å². The Morgan fingerprint density at radius 2 is 2.05 bits per heavy atom. The molecule has 1 heterocycles. The molecule has 0 aromatic heterocycles. The lowest BCUT2D eigenvalue weighted by Gasteiger charge is -2.45. The zero-order valence-corrected chi connectivity index (χ0v) is 12.6. The van der Waals surface area contributed by atoms with Crippen molar-refractivity contribution in [1.29, 1.82) is 0 Å². The van der Waals surface area contributed by atoms with Crippen LogP contribution in [0.3, 0.4) is 0 Å². The number of nitrogens with two attached hydrogens (primary N) is 1. The van der Waals surface area contributed by atoms with Crippen molar-refractivity contribution >= 4 is 10.0 Å². The maximum Gasteiger partial charge on any atom is 0.214 e. The van der Waals surface area contributed by atoms with Crippen LogP contribution in [0, 0.1) is 0 Å². The molecule has 5 nitrogen and oxygen atoms in total. The topological polar surface area (TPSA) is 72.6 Å². The van der Waals surface area contributed by atoms with Crippen LogP contribution in [0.1, 0.15) is 45.4 Å². The second-order valence-corrected chi connectivity index (χ2v) is 7.96. The first-order valence-corrected chi connectivity index (χ1v) is 8.96. The van der Waals surface area contributed by atoms with Gasteiger partial charge in [0.2, 0.25) is 10.0 Å². The van der Waals surface area contributed by atoms with E-state index in [0.717, 1.165) is 38.5 Å². The predicted molar refractivity (Wildman–Crippen MR) is 75.4 cm³/mol. The SMILES string of the molecule is CCCCS(=O)(=O)N1CCOC2(CCC(N)CC2)C1. The summed E-state index contributed by atoms with van der Waals surface area (Å²) in [6, 6.07) is 0.251. The van der Waals surface area contributed by atoms with E-state index < -0.39 is 10.0 Å². The van der Waals surface area contributed by atoms with Gasteiger partial charge in [0.15, 0.2) is 0 Å². The number of hydrogen-bond donors (Lipinski definition) is 1. The van der Waals surface area contributed by atoms with Crippen LogP contribution in [0.4, 0.5) is 0 Å². The van der Waals surface area contributed by atoms with Crippen molar-refractivity contribution in [2.75, 3.05) is 25.4 Å². The van der Waals surface area contributed by atoms with E-state index in [2.05, 4.69) is 0 Å². The number of morpholine rings is 1. The lowest BCUT2D eigenvalue weighted by molar-refractivity contribution is -0.111. The van der Waals surface area contributed by atoms with E-state index in [1.54, 1.807) is 4.31 Å². The first-order valence-electron chi connectivity index (χ1n) is 7.35. The molecule has 0 atom stereocenters. The maximum absolute atomic E-state index is 12.3. The normalized spacial score (nSPS) is 33.7. The van der Waals surface area contributed by atoms with Crippen molar-refractivity contribution in [2.24, 2.45) is 5.73 Å². The smallest absolute Gasteiger partial charge is 0.214 e. The van der Waals surface area contributed by atoms with Crippen LogP contribution in [0.15, 0.2) is 0 Å². The molecule has 1 spiro atoms. The highest BCUT2D eigenvalue weighted by Gasteiger charge is 2.42. The average molecular weight is 290 g/mol. The third-order valence-corrected chi connectivity index (χ3v) is 6.21. The van der Waals surface area contributed by atoms with Crippen molar-refractivity contribution in [3.63, 3.8) is 0 Å². The molecule has 2 aliphatic rings. The van der Waals surface area contributed by atoms with Crippen molar-refractivity contribution in [2.45, 2.75) is 57.1 Å². The van der Waals surface area contributed by atoms with Gasteiger partial charge in [-0.05, 0) is 32.1 Å². The van der Waals surface area contributed by atoms with Crippen LogP contribution in [-0.2, 0) is 14.8 Å². The van der Waals surface area contributed by atoms with E-state index in [-0.39, 0.29) is 17.4 Å². The minimum Gasteiger partial charge on any atom is -0.372 e. The third-order valence-electron chi connectivity index (χ3n) is 4.30. The van der Waals surface area contributed by atoms with Gasteiger partial charge in [0, 0.05) is 19.1 Å². The van der Waals surface area contributed by atoms with Gasteiger partial charge >= 0.3 is 0 Å². The Bertz CT molecular complexity index is 389. The van der Waals surface area contributed by atoms with Gasteiger partial charge in [0.25, 0.3) is 0 Å². The van der Waals surface area contributed by atoms with Gasteiger partial charge < -0.3 is 10.5 Å². The molecule has 0 aromatic rings. The van der Waals surface area contributed by atoms with Crippen LogP contribution in [-0.4, -0.2) is 49.8 Å². The fraction of sp³-hybridized carbons (Fsp3) is 1.00. The van der Waals surface area contributed by atoms with Gasteiger partial charge in [-0.15, -0.1) is 0 Å². The summed E-state index contributed by atoms with van der Waals surface area (Å²) in [6.07, 6.45) is 5.27. The van der Waals surface area contributed by atoms with Crippen molar-refractivity contribution in [3.05, 3.63) is 0 Å². The molecule has 1 aliphatic carbocycles. The molecule has 0 amide bonds. The monoisotopic (exact) mass is 290 g/mol. The molecule has 2 rings (SSSR count). The Morgan fingerprint density at radius 1 is 1.37 bits per heavy atom. The summed E-state index contributed by atoms with van der Waals surface area (Å²) in [5.41, 5.74) is 5.65. The standard InChI is InChI=1S/C13H26N2O3S/c1-2-3-10-19(16,17)15-8-9-18-13(11-15)6-4-12(14)5-7-13/h12H,2-11,14H2,1H3. The maximum atomic E-state index is 12.3. The molecule has 19 heavy (non-hydrogen) atoms.